The van der Waals surface area contributed by atoms with Gasteiger partial charge in [-0.25, -0.2) is 4.39 Å². The topological polar surface area (TPSA) is 32.3 Å². The maximum Gasteiger partial charge on any atom is 0.137 e. The number of benzene rings is 1. The van der Waals surface area contributed by atoms with Crippen LogP contribution in [-0.2, 0) is 6.42 Å². The summed E-state index contributed by atoms with van der Waals surface area (Å²) in [7, 11) is 0. The molecule has 1 rings (SSSR count). The van der Waals surface area contributed by atoms with Gasteiger partial charge in [-0.3, -0.25) is 0 Å². The van der Waals surface area contributed by atoms with E-state index in [-0.39, 0.29) is 11.4 Å². The number of hydrogen-bond acceptors (Lipinski definition) is 2. The Morgan fingerprint density at radius 1 is 1.28 bits per heavy atom. The minimum Gasteiger partial charge on any atom is -0.389 e. The molecular weight excluding hydrogens is 297 g/mol. The Kier molecular flexibility index (Phi) is 4.92. The Labute approximate surface area is 117 Å². The fourth-order valence-electron chi connectivity index (χ4n) is 1.61. The van der Waals surface area contributed by atoms with E-state index < -0.39 is 5.60 Å². The van der Waals surface area contributed by atoms with Gasteiger partial charge in [0, 0.05) is 18.5 Å². The maximum atomic E-state index is 13.4. The third-order valence-corrected chi connectivity index (χ3v) is 3.49. The molecule has 0 spiro atoms. The van der Waals surface area contributed by atoms with E-state index in [2.05, 4.69) is 21.2 Å². The molecule has 102 valence electrons. The first-order chi connectivity index (χ1) is 8.11. The first-order valence-corrected chi connectivity index (χ1v) is 6.80. The number of β-amino-alcohol motifs (C(OH)–C–C–N with tert-alkyl or cyclic N) is 1. The van der Waals surface area contributed by atoms with Gasteiger partial charge in [-0.15, -0.1) is 0 Å². The standard InChI is InChI=1S/C14H21BrFNO/c1-13(2,3)17-9-14(4,18)8-10-6-5-7-11(16)12(10)15/h5-7,17-18H,8-9H2,1-4H3. The lowest BCUT2D eigenvalue weighted by molar-refractivity contribution is 0.0532. The van der Waals surface area contributed by atoms with Crippen LogP contribution in [0.2, 0.25) is 0 Å². The maximum absolute atomic E-state index is 13.4. The van der Waals surface area contributed by atoms with Gasteiger partial charge in [0.05, 0.1) is 10.1 Å². The van der Waals surface area contributed by atoms with Crippen LogP contribution in [0.4, 0.5) is 4.39 Å². The van der Waals surface area contributed by atoms with Gasteiger partial charge in [0.2, 0.25) is 0 Å². The zero-order valence-corrected chi connectivity index (χ0v) is 12.9. The lowest BCUT2D eigenvalue weighted by Crippen LogP contribution is -2.47. The summed E-state index contributed by atoms with van der Waals surface area (Å²) < 4.78 is 13.8. The molecule has 0 aliphatic carbocycles. The quantitative estimate of drug-likeness (QED) is 0.893. The molecular formula is C14H21BrFNO. The molecule has 1 unspecified atom stereocenters. The molecule has 0 aromatic heterocycles. The molecule has 18 heavy (non-hydrogen) atoms. The van der Waals surface area contributed by atoms with Crippen molar-refractivity contribution in [3.05, 3.63) is 34.1 Å². The first kappa shape index (κ1) is 15.6. The van der Waals surface area contributed by atoms with Crippen molar-refractivity contribution in [2.45, 2.75) is 45.3 Å². The van der Waals surface area contributed by atoms with Crippen molar-refractivity contribution < 1.29 is 9.50 Å². The van der Waals surface area contributed by atoms with Crippen molar-refractivity contribution in [2.24, 2.45) is 0 Å². The van der Waals surface area contributed by atoms with E-state index in [0.29, 0.717) is 17.4 Å². The van der Waals surface area contributed by atoms with Crippen LogP contribution in [-0.4, -0.2) is 22.8 Å². The Bertz CT molecular complexity index is 413. The normalized spacial score (nSPS) is 15.5. The average Bonchev–Trinajstić information content (AvgIpc) is 2.21. The van der Waals surface area contributed by atoms with Crippen LogP contribution in [0.25, 0.3) is 0 Å². The summed E-state index contributed by atoms with van der Waals surface area (Å²) in [6, 6.07) is 4.87. The summed E-state index contributed by atoms with van der Waals surface area (Å²) >= 11 is 3.22. The Hall–Kier alpha value is -0.450. The molecule has 0 heterocycles. The second kappa shape index (κ2) is 5.68. The highest BCUT2D eigenvalue weighted by Crippen LogP contribution is 2.24. The third-order valence-electron chi connectivity index (χ3n) is 2.60. The lowest BCUT2D eigenvalue weighted by atomic mass is 9.95. The zero-order valence-electron chi connectivity index (χ0n) is 11.3. The van der Waals surface area contributed by atoms with E-state index in [4.69, 9.17) is 0 Å². The number of halogens is 2. The smallest absolute Gasteiger partial charge is 0.137 e. The number of rotatable bonds is 4. The van der Waals surface area contributed by atoms with Crippen molar-refractivity contribution in [3.63, 3.8) is 0 Å². The van der Waals surface area contributed by atoms with Crippen molar-refractivity contribution >= 4 is 15.9 Å². The van der Waals surface area contributed by atoms with E-state index in [1.807, 2.05) is 26.8 Å². The largest absolute Gasteiger partial charge is 0.389 e. The summed E-state index contributed by atoms with van der Waals surface area (Å²) in [4.78, 5) is 0. The average molecular weight is 318 g/mol. The minimum absolute atomic E-state index is 0.0524. The Morgan fingerprint density at radius 2 is 1.89 bits per heavy atom. The molecule has 1 atom stereocenters. The molecule has 0 fully saturated rings. The van der Waals surface area contributed by atoms with Crippen LogP contribution in [0.5, 0.6) is 0 Å². The van der Waals surface area contributed by atoms with Gasteiger partial charge in [-0.1, -0.05) is 12.1 Å². The minimum atomic E-state index is -0.913. The van der Waals surface area contributed by atoms with Crippen molar-refractivity contribution in [3.8, 4) is 0 Å². The zero-order chi connectivity index (χ0) is 14.0. The van der Waals surface area contributed by atoms with Crippen molar-refractivity contribution in [1.82, 2.24) is 5.32 Å². The van der Waals surface area contributed by atoms with Crippen molar-refractivity contribution in [2.75, 3.05) is 6.54 Å². The second-order valence-corrected chi connectivity index (χ2v) is 6.78. The van der Waals surface area contributed by atoms with Gasteiger partial charge in [0.1, 0.15) is 5.82 Å². The van der Waals surface area contributed by atoms with Gasteiger partial charge in [-0.2, -0.15) is 0 Å². The van der Waals surface area contributed by atoms with Crippen LogP contribution in [0.15, 0.2) is 22.7 Å². The van der Waals surface area contributed by atoms with Gasteiger partial charge < -0.3 is 10.4 Å². The monoisotopic (exact) mass is 317 g/mol. The van der Waals surface area contributed by atoms with Gasteiger partial charge in [-0.05, 0) is 55.3 Å². The highest BCUT2D eigenvalue weighted by atomic mass is 79.9. The summed E-state index contributed by atoms with van der Waals surface area (Å²) in [6.45, 7) is 8.34. The van der Waals surface area contributed by atoms with Gasteiger partial charge >= 0.3 is 0 Å². The van der Waals surface area contributed by atoms with Crippen LogP contribution < -0.4 is 5.32 Å². The van der Waals surface area contributed by atoms with E-state index >= 15 is 0 Å². The molecule has 0 aliphatic heterocycles. The Morgan fingerprint density at radius 3 is 2.44 bits per heavy atom. The van der Waals surface area contributed by atoms with Crippen LogP contribution in [0.1, 0.15) is 33.3 Å². The van der Waals surface area contributed by atoms with Crippen molar-refractivity contribution in [1.29, 1.82) is 0 Å². The number of nitrogens with one attached hydrogen (secondary N) is 1. The first-order valence-electron chi connectivity index (χ1n) is 6.01. The highest BCUT2D eigenvalue weighted by molar-refractivity contribution is 9.10. The molecule has 0 bridgehead atoms. The highest BCUT2D eigenvalue weighted by Gasteiger charge is 2.24. The SMILES string of the molecule is CC(O)(CNC(C)(C)C)Cc1cccc(F)c1Br. The molecule has 1 aromatic carbocycles. The molecule has 1 aromatic rings. The summed E-state index contributed by atoms with van der Waals surface area (Å²) in [5, 5.41) is 13.6. The fourth-order valence-corrected chi connectivity index (χ4v) is 2.02. The number of hydrogen-bond donors (Lipinski definition) is 2. The summed E-state index contributed by atoms with van der Waals surface area (Å²) in [5.74, 6) is -0.299. The molecule has 0 amide bonds. The van der Waals surface area contributed by atoms with Crippen LogP contribution >= 0.6 is 15.9 Å². The van der Waals surface area contributed by atoms with Gasteiger partial charge in [0.15, 0.2) is 0 Å². The lowest BCUT2D eigenvalue weighted by Gasteiger charge is -2.29. The van der Waals surface area contributed by atoms with E-state index in [1.165, 1.54) is 6.07 Å². The molecule has 0 aliphatic rings. The molecule has 0 saturated carbocycles. The van der Waals surface area contributed by atoms with Gasteiger partial charge in [0.25, 0.3) is 0 Å². The second-order valence-electron chi connectivity index (χ2n) is 5.99. The molecule has 4 heteroatoms. The van der Waals surface area contributed by atoms with E-state index in [0.717, 1.165) is 5.56 Å². The predicted octanol–water partition coefficient (Wildman–Crippen LogP) is 3.27. The van der Waals surface area contributed by atoms with Crippen LogP contribution in [0, 0.1) is 5.82 Å². The summed E-state index contributed by atoms with van der Waals surface area (Å²) in [6.07, 6.45) is 0.397. The molecule has 2 nitrogen and oxygen atoms in total. The van der Waals surface area contributed by atoms with E-state index in [1.54, 1.807) is 13.0 Å². The fraction of sp³-hybridized carbons (Fsp3) is 0.571. The van der Waals surface area contributed by atoms with Crippen LogP contribution in [0.3, 0.4) is 0 Å². The number of aliphatic hydroxyl groups is 1. The molecule has 0 saturated heterocycles. The molecule has 0 radical (unpaired) electrons. The molecule has 2 N–H and O–H groups in total. The van der Waals surface area contributed by atoms with E-state index in [9.17, 15) is 9.50 Å². The predicted molar refractivity (Wildman–Crippen MR) is 76.2 cm³/mol. The Balaban J connectivity index is 2.73. The summed E-state index contributed by atoms with van der Waals surface area (Å²) in [5.41, 5.74) is -0.192. The third kappa shape index (κ3) is 5.04.